The molecule has 1 unspecified atom stereocenters. The molecular formula is C16H23FN2O2. The number of ether oxygens (including phenoxy) is 1. The van der Waals surface area contributed by atoms with E-state index in [1.807, 2.05) is 20.0 Å². The molecule has 0 aromatic heterocycles. The molecule has 1 heterocycles. The van der Waals surface area contributed by atoms with Crippen molar-refractivity contribution in [1.29, 1.82) is 0 Å². The molecular weight excluding hydrogens is 271 g/mol. The number of benzene rings is 1. The van der Waals surface area contributed by atoms with E-state index in [0.29, 0.717) is 18.5 Å². The van der Waals surface area contributed by atoms with Crippen molar-refractivity contribution in [3.05, 3.63) is 29.6 Å². The van der Waals surface area contributed by atoms with Gasteiger partial charge >= 0.3 is 5.97 Å². The Kier molecular flexibility index (Phi) is 4.83. The zero-order valence-corrected chi connectivity index (χ0v) is 12.9. The van der Waals surface area contributed by atoms with Gasteiger partial charge in [-0.1, -0.05) is 0 Å². The van der Waals surface area contributed by atoms with Crippen LogP contribution in [0.15, 0.2) is 18.2 Å². The Labute approximate surface area is 125 Å². The van der Waals surface area contributed by atoms with Gasteiger partial charge in [0.25, 0.3) is 0 Å². The van der Waals surface area contributed by atoms with Crippen molar-refractivity contribution in [2.75, 3.05) is 32.6 Å². The summed E-state index contributed by atoms with van der Waals surface area (Å²) in [6.07, 6.45) is 2.22. The molecule has 4 nitrogen and oxygen atoms in total. The third-order valence-electron chi connectivity index (χ3n) is 4.07. The van der Waals surface area contributed by atoms with Crippen molar-refractivity contribution in [1.82, 2.24) is 4.90 Å². The van der Waals surface area contributed by atoms with Crippen LogP contribution in [-0.2, 0) is 9.53 Å². The molecule has 1 aromatic carbocycles. The summed E-state index contributed by atoms with van der Waals surface area (Å²) in [5.74, 6) is -0.581. The minimum absolute atomic E-state index is 0.278. The van der Waals surface area contributed by atoms with E-state index in [1.54, 1.807) is 0 Å². The second kappa shape index (κ2) is 6.43. The first kappa shape index (κ1) is 15.8. The lowest BCUT2D eigenvalue weighted by Crippen LogP contribution is -2.47. The molecule has 0 aliphatic carbocycles. The van der Waals surface area contributed by atoms with Gasteiger partial charge in [0.05, 0.1) is 7.11 Å². The number of nitrogens with zero attached hydrogens (tertiary/aromatic N) is 1. The molecule has 116 valence electrons. The van der Waals surface area contributed by atoms with Gasteiger partial charge < -0.3 is 15.0 Å². The molecule has 1 fully saturated rings. The van der Waals surface area contributed by atoms with Crippen LogP contribution in [0.3, 0.4) is 0 Å². The van der Waals surface area contributed by atoms with Crippen LogP contribution in [0.25, 0.3) is 0 Å². The van der Waals surface area contributed by atoms with Gasteiger partial charge in [0, 0.05) is 12.2 Å². The molecule has 5 heteroatoms. The van der Waals surface area contributed by atoms with Crippen LogP contribution in [0.1, 0.15) is 24.8 Å². The monoisotopic (exact) mass is 294 g/mol. The number of anilines is 1. The van der Waals surface area contributed by atoms with E-state index in [4.69, 9.17) is 4.74 Å². The molecule has 0 saturated carbocycles. The Morgan fingerprint density at radius 3 is 2.76 bits per heavy atom. The summed E-state index contributed by atoms with van der Waals surface area (Å²) in [5, 5.41) is 3.25. The first-order valence-corrected chi connectivity index (χ1v) is 7.27. The Balaban J connectivity index is 2.29. The first-order valence-electron chi connectivity index (χ1n) is 7.27. The molecule has 0 radical (unpaired) electrons. The summed E-state index contributed by atoms with van der Waals surface area (Å²) >= 11 is 0. The maximum Gasteiger partial charge on any atom is 0.331 e. The minimum atomic E-state index is -0.778. The highest BCUT2D eigenvalue weighted by molar-refractivity contribution is 5.84. The zero-order valence-electron chi connectivity index (χ0n) is 12.9. The van der Waals surface area contributed by atoms with Crippen molar-refractivity contribution in [2.45, 2.75) is 31.7 Å². The summed E-state index contributed by atoms with van der Waals surface area (Å²) < 4.78 is 18.6. The molecule has 0 amide bonds. The molecule has 1 aliphatic heterocycles. The van der Waals surface area contributed by atoms with Gasteiger partial charge in [-0.15, -0.1) is 0 Å². The van der Waals surface area contributed by atoms with E-state index in [-0.39, 0.29) is 11.8 Å². The van der Waals surface area contributed by atoms with Gasteiger partial charge in [0.15, 0.2) is 0 Å². The van der Waals surface area contributed by atoms with Crippen molar-refractivity contribution in [2.24, 2.45) is 0 Å². The van der Waals surface area contributed by atoms with Gasteiger partial charge in [0.1, 0.15) is 11.4 Å². The predicted molar refractivity (Wildman–Crippen MR) is 80.9 cm³/mol. The molecule has 2 rings (SSSR count). The molecule has 1 aliphatic rings. The molecule has 0 bridgehead atoms. The molecule has 1 aromatic rings. The predicted octanol–water partition coefficient (Wildman–Crippen LogP) is 2.57. The Hall–Kier alpha value is -1.62. The van der Waals surface area contributed by atoms with Gasteiger partial charge in [-0.3, -0.25) is 0 Å². The first-order chi connectivity index (χ1) is 9.95. The fourth-order valence-corrected chi connectivity index (χ4v) is 2.93. The van der Waals surface area contributed by atoms with Crippen molar-refractivity contribution >= 4 is 11.7 Å². The quantitative estimate of drug-likeness (QED) is 0.870. The number of nitrogens with one attached hydrogen (secondary N) is 1. The number of halogens is 1. The van der Waals surface area contributed by atoms with Gasteiger partial charge in [-0.25, -0.2) is 9.18 Å². The lowest BCUT2D eigenvalue weighted by atomic mass is 9.90. The number of esters is 1. The van der Waals surface area contributed by atoms with E-state index in [1.165, 1.54) is 19.2 Å². The minimum Gasteiger partial charge on any atom is -0.467 e. The second-order valence-corrected chi connectivity index (χ2v) is 5.87. The third-order valence-corrected chi connectivity index (χ3v) is 4.07. The van der Waals surface area contributed by atoms with E-state index in [2.05, 4.69) is 10.2 Å². The molecule has 0 spiro atoms. The van der Waals surface area contributed by atoms with Crippen molar-refractivity contribution in [3.8, 4) is 0 Å². The van der Waals surface area contributed by atoms with E-state index < -0.39 is 5.54 Å². The van der Waals surface area contributed by atoms with Crippen molar-refractivity contribution in [3.63, 3.8) is 0 Å². The number of rotatable bonds is 3. The Morgan fingerprint density at radius 2 is 2.10 bits per heavy atom. The number of likely N-dealkylation sites (tertiary alicyclic amines) is 1. The fourth-order valence-electron chi connectivity index (χ4n) is 2.93. The van der Waals surface area contributed by atoms with Crippen LogP contribution < -0.4 is 5.32 Å². The topological polar surface area (TPSA) is 41.6 Å². The van der Waals surface area contributed by atoms with Gasteiger partial charge in [0.2, 0.25) is 0 Å². The number of aryl methyl sites for hydroxylation is 1. The normalized spacial score (nSPS) is 23.4. The van der Waals surface area contributed by atoms with Crippen LogP contribution in [0.5, 0.6) is 0 Å². The highest BCUT2D eigenvalue weighted by Gasteiger charge is 2.40. The van der Waals surface area contributed by atoms with Crippen LogP contribution in [0, 0.1) is 12.7 Å². The molecule has 1 N–H and O–H groups in total. The van der Waals surface area contributed by atoms with E-state index in [0.717, 1.165) is 25.1 Å². The van der Waals surface area contributed by atoms with Gasteiger partial charge in [-0.05, 0) is 63.5 Å². The summed E-state index contributed by atoms with van der Waals surface area (Å²) in [6, 6.07) is 4.74. The fraction of sp³-hybridized carbons (Fsp3) is 0.562. The molecule has 1 atom stereocenters. The summed E-state index contributed by atoms with van der Waals surface area (Å²) in [4.78, 5) is 14.5. The summed E-state index contributed by atoms with van der Waals surface area (Å²) in [5.41, 5.74) is 0.672. The van der Waals surface area contributed by atoms with E-state index in [9.17, 15) is 9.18 Å². The van der Waals surface area contributed by atoms with Crippen molar-refractivity contribution < 1.29 is 13.9 Å². The summed E-state index contributed by atoms with van der Waals surface area (Å²) in [7, 11) is 3.44. The number of carbonyl (C=O) groups is 1. The summed E-state index contributed by atoms with van der Waals surface area (Å²) in [6.45, 7) is 3.58. The smallest absolute Gasteiger partial charge is 0.331 e. The number of hydrogen-bond acceptors (Lipinski definition) is 4. The highest BCUT2D eigenvalue weighted by atomic mass is 19.1. The van der Waals surface area contributed by atoms with E-state index >= 15 is 0 Å². The van der Waals surface area contributed by atoms with Crippen LogP contribution in [0.2, 0.25) is 0 Å². The second-order valence-electron chi connectivity index (χ2n) is 5.87. The van der Waals surface area contributed by atoms with Gasteiger partial charge in [-0.2, -0.15) is 0 Å². The zero-order chi connectivity index (χ0) is 15.5. The largest absolute Gasteiger partial charge is 0.467 e. The average Bonchev–Trinajstić information content (AvgIpc) is 2.60. The number of methoxy groups -OCH3 is 1. The third kappa shape index (κ3) is 3.73. The maximum absolute atomic E-state index is 13.6. The van der Waals surface area contributed by atoms with Crippen LogP contribution in [-0.4, -0.2) is 43.7 Å². The lowest BCUT2D eigenvalue weighted by Gasteiger charge is -2.32. The Bertz CT molecular complexity index is 501. The molecule has 21 heavy (non-hydrogen) atoms. The molecule has 1 saturated heterocycles. The van der Waals surface area contributed by atoms with Crippen LogP contribution >= 0.6 is 0 Å². The lowest BCUT2D eigenvalue weighted by molar-refractivity contribution is -0.146. The highest BCUT2D eigenvalue weighted by Crippen LogP contribution is 2.29. The maximum atomic E-state index is 13.6. The number of hydrogen-bond donors (Lipinski definition) is 1. The average molecular weight is 294 g/mol. The standard InChI is InChI=1S/C16H23FN2O2/c1-12-9-13(17)11-14(10-12)18-16(15(20)21-3)5-4-7-19(2)8-6-16/h9-11,18H,4-8H2,1-3H3. The van der Waals surface area contributed by atoms with Crippen LogP contribution in [0.4, 0.5) is 10.1 Å². The number of carbonyl (C=O) groups excluding carboxylic acids is 1. The Morgan fingerprint density at radius 1 is 1.33 bits per heavy atom. The SMILES string of the molecule is COC(=O)C1(Nc2cc(C)cc(F)c2)CCCN(C)CC1.